The van der Waals surface area contributed by atoms with Crippen LogP contribution in [-0.4, -0.2) is 4.98 Å². The summed E-state index contributed by atoms with van der Waals surface area (Å²) in [5.41, 5.74) is 9.73. The molecule has 1 aromatic heterocycles. The number of nitrogens with zero attached hydrogens (tertiary/aromatic N) is 1. The molecule has 0 aliphatic carbocycles. The normalized spacial score (nSPS) is 10.6. The van der Waals surface area contributed by atoms with E-state index in [0.29, 0.717) is 18.3 Å². The number of aromatic nitrogens is 1. The Kier molecular flexibility index (Phi) is 5.54. The summed E-state index contributed by atoms with van der Waals surface area (Å²) >= 11 is 1.41. The topological polar surface area (TPSA) is 57.4 Å². The first-order valence-corrected chi connectivity index (χ1v) is 9.85. The van der Waals surface area contributed by atoms with E-state index in [2.05, 4.69) is 4.98 Å². The van der Waals surface area contributed by atoms with Gasteiger partial charge >= 0.3 is 0 Å². The Morgan fingerprint density at radius 2 is 1.43 bits per heavy atom. The number of nitrogens with two attached hydrogens (primary N) is 1. The largest absolute Gasteiger partial charge is 0.489 e. The molecule has 0 aliphatic heterocycles. The lowest BCUT2D eigenvalue weighted by atomic mass is 10.1. The predicted molar refractivity (Wildman–Crippen MR) is 114 cm³/mol. The summed E-state index contributed by atoms with van der Waals surface area (Å²) in [6.45, 7) is 0.970. The van der Waals surface area contributed by atoms with Gasteiger partial charge in [0.25, 0.3) is 0 Å². The number of benzene rings is 3. The van der Waals surface area contributed by atoms with Gasteiger partial charge in [0.1, 0.15) is 24.7 Å². The molecule has 0 atom stereocenters. The van der Waals surface area contributed by atoms with Crippen molar-refractivity contribution < 1.29 is 9.47 Å². The molecule has 3 aromatic carbocycles. The van der Waals surface area contributed by atoms with Gasteiger partial charge in [-0.2, -0.15) is 0 Å². The molecule has 0 amide bonds. The Labute approximate surface area is 168 Å². The van der Waals surface area contributed by atoms with E-state index in [4.69, 9.17) is 15.2 Å². The van der Waals surface area contributed by atoms with Crippen molar-refractivity contribution in [3.05, 3.63) is 95.4 Å². The van der Waals surface area contributed by atoms with E-state index in [9.17, 15) is 0 Å². The van der Waals surface area contributed by atoms with Crippen LogP contribution in [0.15, 0.2) is 84.2 Å². The number of anilines is 1. The SMILES string of the molecule is Nc1nc(-c2ccc(OCc3ccccc3)cc2OCc2ccccc2)cs1. The van der Waals surface area contributed by atoms with Gasteiger partial charge in [-0.3, -0.25) is 0 Å². The Balaban J connectivity index is 1.57. The first-order valence-electron chi connectivity index (χ1n) is 8.97. The fourth-order valence-electron chi connectivity index (χ4n) is 2.81. The third-order valence-electron chi connectivity index (χ3n) is 4.24. The quantitative estimate of drug-likeness (QED) is 0.451. The summed E-state index contributed by atoms with van der Waals surface area (Å²) in [5, 5.41) is 2.47. The molecule has 140 valence electrons. The number of thiazole rings is 1. The van der Waals surface area contributed by atoms with E-state index in [1.165, 1.54) is 11.3 Å². The highest BCUT2D eigenvalue weighted by atomic mass is 32.1. The number of hydrogen-bond acceptors (Lipinski definition) is 5. The molecule has 4 nitrogen and oxygen atoms in total. The highest BCUT2D eigenvalue weighted by Gasteiger charge is 2.12. The summed E-state index contributed by atoms with van der Waals surface area (Å²) in [7, 11) is 0. The van der Waals surface area contributed by atoms with Crippen LogP contribution in [0.3, 0.4) is 0 Å². The van der Waals surface area contributed by atoms with Crippen LogP contribution in [0.1, 0.15) is 11.1 Å². The molecule has 4 rings (SSSR count). The first-order chi connectivity index (χ1) is 13.8. The van der Waals surface area contributed by atoms with E-state index < -0.39 is 0 Å². The van der Waals surface area contributed by atoms with Crippen molar-refractivity contribution in [2.75, 3.05) is 5.73 Å². The minimum Gasteiger partial charge on any atom is -0.489 e. The molecule has 28 heavy (non-hydrogen) atoms. The van der Waals surface area contributed by atoms with Crippen LogP contribution in [0.5, 0.6) is 11.5 Å². The summed E-state index contributed by atoms with van der Waals surface area (Å²) in [5.74, 6) is 1.47. The second kappa shape index (κ2) is 8.59. The summed E-state index contributed by atoms with van der Waals surface area (Å²) < 4.78 is 12.1. The van der Waals surface area contributed by atoms with Crippen molar-refractivity contribution in [3.63, 3.8) is 0 Å². The predicted octanol–water partition coefficient (Wildman–Crippen LogP) is 5.55. The fourth-order valence-corrected chi connectivity index (χ4v) is 3.37. The molecular weight excluding hydrogens is 368 g/mol. The van der Waals surface area contributed by atoms with Crippen LogP contribution >= 0.6 is 11.3 Å². The van der Waals surface area contributed by atoms with Gasteiger partial charge in [0.05, 0.1) is 5.69 Å². The van der Waals surface area contributed by atoms with Gasteiger partial charge < -0.3 is 15.2 Å². The second-order valence-corrected chi connectivity index (χ2v) is 7.17. The Hall–Kier alpha value is -3.31. The number of ether oxygens (including phenoxy) is 2. The lowest BCUT2D eigenvalue weighted by Gasteiger charge is -2.13. The van der Waals surface area contributed by atoms with Crippen molar-refractivity contribution in [3.8, 4) is 22.8 Å². The second-order valence-electron chi connectivity index (χ2n) is 6.28. The van der Waals surface area contributed by atoms with Gasteiger partial charge in [0, 0.05) is 17.0 Å². The maximum absolute atomic E-state index is 6.12. The molecular formula is C23H20N2O2S. The molecule has 0 bridgehead atoms. The van der Waals surface area contributed by atoms with Crippen molar-refractivity contribution in [2.24, 2.45) is 0 Å². The molecule has 5 heteroatoms. The minimum absolute atomic E-state index is 0.468. The van der Waals surface area contributed by atoms with Crippen molar-refractivity contribution >= 4 is 16.5 Å². The smallest absolute Gasteiger partial charge is 0.180 e. The summed E-state index contributed by atoms with van der Waals surface area (Å²) in [6, 6.07) is 26.0. The lowest BCUT2D eigenvalue weighted by molar-refractivity contribution is 0.291. The number of rotatable bonds is 7. The first kappa shape index (κ1) is 18.1. The summed E-state index contributed by atoms with van der Waals surface area (Å²) in [6.07, 6.45) is 0. The number of hydrogen-bond donors (Lipinski definition) is 1. The molecule has 1 heterocycles. The van der Waals surface area contributed by atoms with Gasteiger partial charge in [-0.1, -0.05) is 60.7 Å². The van der Waals surface area contributed by atoms with Crippen molar-refractivity contribution in [2.45, 2.75) is 13.2 Å². The van der Waals surface area contributed by atoms with Gasteiger partial charge in [-0.25, -0.2) is 4.98 Å². The van der Waals surface area contributed by atoms with Gasteiger partial charge in [0.2, 0.25) is 0 Å². The molecule has 2 N–H and O–H groups in total. The van der Waals surface area contributed by atoms with Crippen LogP contribution in [0.4, 0.5) is 5.13 Å². The monoisotopic (exact) mass is 388 g/mol. The van der Waals surface area contributed by atoms with Gasteiger partial charge in [-0.15, -0.1) is 11.3 Å². The average molecular weight is 388 g/mol. The molecule has 0 unspecified atom stereocenters. The van der Waals surface area contributed by atoms with E-state index in [1.807, 2.05) is 84.2 Å². The van der Waals surface area contributed by atoms with E-state index in [1.54, 1.807) is 0 Å². The number of nitrogen functional groups attached to an aromatic ring is 1. The van der Waals surface area contributed by atoms with Crippen LogP contribution < -0.4 is 15.2 Å². The molecule has 4 aromatic rings. The van der Waals surface area contributed by atoms with Crippen LogP contribution in [0.25, 0.3) is 11.3 Å². The third-order valence-corrected chi connectivity index (χ3v) is 4.91. The third kappa shape index (κ3) is 4.50. The highest BCUT2D eigenvalue weighted by Crippen LogP contribution is 2.35. The van der Waals surface area contributed by atoms with E-state index in [-0.39, 0.29) is 0 Å². The zero-order valence-electron chi connectivity index (χ0n) is 15.2. The molecule has 0 radical (unpaired) electrons. The van der Waals surface area contributed by atoms with E-state index >= 15 is 0 Å². The van der Waals surface area contributed by atoms with Crippen molar-refractivity contribution in [1.29, 1.82) is 0 Å². The Morgan fingerprint density at radius 1 is 0.786 bits per heavy atom. The minimum atomic E-state index is 0.468. The Morgan fingerprint density at radius 3 is 2.04 bits per heavy atom. The summed E-state index contributed by atoms with van der Waals surface area (Å²) in [4.78, 5) is 4.40. The molecule has 0 fully saturated rings. The highest BCUT2D eigenvalue weighted by molar-refractivity contribution is 7.13. The van der Waals surface area contributed by atoms with Crippen LogP contribution in [0.2, 0.25) is 0 Å². The van der Waals surface area contributed by atoms with Gasteiger partial charge in [0.15, 0.2) is 5.13 Å². The standard InChI is InChI=1S/C23H20N2O2S/c24-23-25-21(16-28-23)20-12-11-19(26-14-17-7-3-1-4-8-17)13-22(20)27-15-18-9-5-2-6-10-18/h1-13,16H,14-15H2,(H2,24,25). The van der Waals surface area contributed by atoms with Gasteiger partial charge in [-0.05, 0) is 23.3 Å². The molecule has 0 aliphatic rings. The zero-order valence-corrected chi connectivity index (χ0v) is 16.1. The zero-order chi connectivity index (χ0) is 19.2. The molecule has 0 saturated carbocycles. The fraction of sp³-hybridized carbons (Fsp3) is 0.0870. The van der Waals surface area contributed by atoms with Crippen LogP contribution in [-0.2, 0) is 13.2 Å². The average Bonchev–Trinajstić information content (AvgIpc) is 3.18. The van der Waals surface area contributed by atoms with Crippen molar-refractivity contribution in [1.82, 2.24) is 4.98 Å². The van der Waals surface area contributed by atoms with Crippen LogP contribution in [0, 0.1) is 0 Å². The lowest BCUT2D eigenvalue weighted by Crippen LogP contribution is -1.99. The molecule has 0 spiro atoms. The van der Waals surface area contributed by atoms with E-state index in [0.717, 1.165) is 33.9 Å². The maximum Gasteiger partial charge on any atom is 0.180 e. The maximum atomic E-state index is 6.12. The Bertz CT molecular complexity index is 1030. The molecule has 0 saturated heterocycles.